The van der Waals surface area contributed by atoms with Crippen LogP contribution in [0, 0.1) is 0 Å². The summed E-state index contributed by atoms with van der Waals surface area (Å²) in [6, 6.07) is 10.5. The van der Waals surface area contributed by atoms with E-state index in [0.717, 1.165) is 23.3 Å². The summed E-state index contributed by atoms with van der Waals surface area (Å²) in [5.74, 6) is 2.34. The van der Waals surface area contributed by atoms with Crippen molar-refractivity contribution in [1.29, 1.82) is 0 Å². The fraction of sp³-hybridized carbons (Fsp3) is 0.500. The number of thioether (sulfide) groups is 1. The average Bonchev–Trinajstić information content (AvgIpc) is 2.98. The highest BCUT2D eigenvalue weighted by Crippen LogP contribution is 2.32. The van der Waals surface area contributed by atoms with Crippen LogP contribution in [0.4, 0.5) is 0 Å². The number of aryl methyl sites for hydroxylation is 1. The van der Waals surface area contributed by atoms with Crippen LogP contribution in [-0.4, -0.2) is 16.0 Å². The van der Waals surface area contributed by atoms with E-state index in [-0.39, 0.29) is 0 Å². The van der Waals surface area contributed by atoms with Crippen molar-refractivity contribution in [2.24, 2.45) is 0 Å². The van der Waals surface area contributed by atoms with Crippen molar-refractivity contribution in [3.63, 3.8) is 0 Å². The zero-order valence-corrected chi connectivity index (χ0v) is 12.4. The summed E-state index contributed by atoms with van der Waals surface area (Å²) in [7, 11) is 0. The molecular formula is C16H20N2OS. The van der Waals surface area contributed by atoms with E-state index in [9.17, 15) is 0 Å². The second-order valence-electron chi connectivity index (χ2n) is 5.33. The van der Waals surface area contributed by atoms with Gasteiger partial charge in [-0.05, 0) is 24.8 Å². The Morgan fingerprint density at radius 1 is 1.05 bits per heavy atom. The van der Waals surface area contributed by atoms with Gasteiger partial charge in [-0.15, -0.1) is 10.2 Å². The van der Waals surface area contributed by atoms with Gasteiger partial charge in [0.25, 0.3) is 5.22 Å². The second-order valence-corrected chi connectivity index (χ2v) is 6.37. The first-order valence-corrected chi connectivity index (χ1v) is 8.40. The van der Waals surface area contributed by atoms with E-state index in [0.29, 0.717) is 5.92 Å². The largest absolute Gasteiger partial charge is 0.416 e. The Hall–Kier alpha value is -1.29. The maximum Gasteiger partial charge on any atom is 0.276 e. The van der Waals surface area contributed by atoms with Crippen LogP contribution in [-0.2, 0) is 6.42 Å². The summed E-state index contributed by atoms with van der Waals surface area (Å²) in [4.78, 5) is 0. The van der Waals surface area contributed by atoms with E-state index in [1.54, 1.807) is 11.8 Å². The Kier molecular flexibility index (Phi) is 4.74. The van der Waals surface area contributed by atoms with E-state index < -0.39 is 0 Å². The smallest absolute Gasteiger partial charge is 0.276 e. The summed E-state index contributed by atoms with van der Waals surface area (Å²) in [6.07, 6.45) is 7.38. The summed E-state index contributed by atoms with van der Waals surface area (Å²) >= 11 is 1.66. The Morgan fingerprint density at radius 3 is 2.65 bits per heavy atom. The maximum atomic E-state index is 5.80. The number of rotatable bonds is 5. The summed E-state index contributed by atoms with van der Waals surface area (Å²) < 4.78 is 5.80. The lowest BCUT2D eigenvalue weighted by Crippen LogP contribution is -2.04. The van der Waals surface area contributed by atoms with E-state index >= 15 is 0 Å². The molecule has 0 aliphatic heterocycles. The molecule has 4 heteroatoms. The van der Waals surface area contributed by atoms with Crippen molar-refractivity contribution in [2.75, 3.05) is 5.75 Å². The molecule has 1 aromatic heterocycles. The van der Waals surface area contributed by atoms with Gasteiger partial charge >= 0.3 is 0 Å². The van der Waals surface area contributed by atoms with Crippen LogP contribution in [0.2, 0.25) is 0 Å². The Morgan fingerprint density at radius 2 is 1.85 bits per heavy atom. The highest BCUT2D eigenvalue weighted by Gasteiger charge is 2.21. The summed E-state index contributed by atoms with van der Waals surface area (Å²) in [6.45, 7) is 0. The molecular weight excluding hydrogens is 268 g/mol. The van der Waals surface area contributed by atoms with Crippen LogP contribution in [0.3, 0.4) is 0 Å². The third kappa shape index (κ3) is 3.63. The first kappa shape index (κ1) is 13.7. The normalized spacial score (nSPS) is 16.4. The molecule has 1 aliphatic rings. The lowest BCUT2D eigenvalue weighted by Gasteiger charge is -2.17. The summed E-state index contributed by atoms with van der Waals surface area (Å²) in [5.41, 5.74) is 1.35. The standard InChI is InChI=1S/C16H20N2OS/c1-3-7-13(8-4-1)11-12-20-16-18-17-15(19-16)14-9-5-2-6-10-14/h1,3-4,7-8,14H,2,5-6,9-12H2. The lowest BCUT2D eigenvalue weighted by molar-refractivity contribution is 0.334. The number of nitrogens with zero attached hydrogens (tertiary/aromatic N) is 2. The van der Waals surface area contributed by atoms with Gasteiger partial charge in [0.05, 0.1) is 0 Å². The van der Waals surface area contributed by atoms with Gasteiger partial charge in [-0.25, -0.2) is 0 Å². The molecule has 0 amide bonds. The predicted molar refractivity (Wildman–Crippen MR) is 81.0 cm³/mol. The SMILES string of the molecule is c1ccc(CCSc2nnc(C3CCCCC3)o2)cc1. The Bertz CT molecular complexity index is 520. The molecule has 106 valence electrons. The highest BCUT2D eigenvalue weighted by molar-refractivity contribution is 7.99. The molecule has 0 saturated heterocycles. The van der Waals surface area contributed by atoms with E-state index in [1.807, 2.05) is 6.07 Å². The van der Waals surface area contributed by atoms with Gasteiger partial charge in [-0.3, -0.25) is 0 Å². The molecule has 0 spiro atoms. The van der Waals surface area contributed by atoms with Gasteiger partial charge < -0.3 is 4.42 Å². The van der Waals surface area contributed by atoms with Gasteiger partial charge in [-0.1, -0.05) is 61.4 Å². The molecule has 1 fully saturated rings. The van der Waals surface area contributed by atoms with Crippen molar-refractivity contribution in [3.8, 4) is 0 Å². The molecule has 0 N–H and O–H groups in total. The van der Waals surface area contributed by atoms with Crippen LogP contribution in [0.15, 0.2) is 40.0 Å². The second kappa shape index (κ2) is 6.93. The van der Waals surface area contributed by atoms with Gasteiger partial charge in [0, 0.05) is 11.7 Å². The minimum atomic E-state index is 0.500. The predicted octanol–water partition coefficient (Wildman–Crippen LogP) is 4.45. The fourth-order valence-electron chi connectivity index (χ4n) is 2.69. The van der Waals surface area contributed by atoms with Crippen LogP contribution >= 0.6 is 11.8 Å². The zero-order valence-electron chi connectivity index (χ0n) is 11.6. The number of hydrogen-bond donors (Lipinski definition) is 0. The highest BCUT2D eigenvalue weighted by atomic mass is 32.2. The fourth-order valence-corrected chi connectivity index (χ4v) is 3.45. The minimum Gasteiger partial charge on any atom is -0.416 e. The van der Waals surface area contributed by atoms with Crippen molar-refractivity contribution >= 4 is 11.8 Å². The third-order valence-corrected chi connectivity index (χ3v) is 4.66. The van der Waals surface area contributed by atoms with Crippen molar-refractivity contribution in [2.45, 2.75) is 49.7 Å². The molecule has 2 aromatic rings. The molecule has 0 atom stereocenters. The number of aromatic nitrogens is 2. The molecule has 3 nitrogen and oxygen atoms in total. The molecule has 1 aliphatic carbocycles. The van der Waals surface area contributed by atoms with Crippen molar-refractivity contribution < 1.29 is 4.42 Å². The van der Waals surface area contributed by atoms with E-state index in [4.69, 9.17) is 4.42 Å². The van der Waals surface area contributed by atoms with Crippen molar-refractivity contribution in [1.82, 2.24) is 10.2 Å². The lowest BCUT2D eigenvalue weighted by atomic mass is 9.89. The number of benzene rings is 1. The Balaban J connectivity index is 1.50. The third-order valence-electron chi connectivity index (χ3n) is 3.84. The first-order chi connectivity index (χ1) is 9.92. The molecule has 1 heterocycles. The van der Waals surface area contributed by atoms with Gasteiger partial charge in [0.2, 0.25) is 5.89 Å². The summed E-state index contributed by atoms with van der Waals surface area (Å²) in [5, 5.41) is 9.12. The van der Waals surface area contributed by atoms with Crippen LogP contribution in [0.1, 0.15) is 49.5 Å². The average molecular weight is 288 g/mol. The molecule has 3 rings (SSSR count). The van der Waals surface area contributed by atoms with Crippen LogP contribution < -0.4 is 0 Å². The van der Waals surface area contributed by atoms with Gasteiger partial charge in [-0.2, -0.15) is 0 Å². The van der Waals surface area contributed by atoms with Crippen LogP contribution in [0.25, 0.3) is 0 Å². The molecule has 0 radical (unpaired) electrons. The molecule has 0 bridgehead atoms. The van der Waals surface area contributed by atoms with Crippen molar-refractivity contribution in [3.05, 3.63) is 41.8 Å². The molecule has 1 saturated carbocycles. The van der Waals surface area contributed by atoms with E-state index in [2.05, 4.69) is 34.5 Å². The quantitative estimate of drug-likeness (QED) is 0.762. The molecule has 20 heavy (non-hydrogen) atoms. The zero-order chi connectivity index (χ0) is 13.6. The topological polar surface area (TPSA) is 38.9 Å². The monoisotopic (exact) mass is 288 g/mol. The number of hydrogen-bond acceptors (Lipinski definition) is 4. The Labute approximate surface area is 124 Å². The molecule has 0 unspecified atom stereocenters. The maximum absolute atomic E-state index is 5.80. The van der Waals surface area contributed by atoms with E-state index in [1.165, 1.54) is 37.7 Å². The first-order valence-electron chi connectivity index (χ1n) is 7.42. The van der Waals surface area contributed by atoms with Crippen LogP contribution in [0.5, 0.6) is 0 Å². The van der Waals surface area contributed by atoms with Gasteiger partial charge in [0.15, 0.2) is 0 Å². The minimum absolute atomic E-state index is 0.500. The molecule has 1 aromatic carbocycles. The van der Waals surface area contributed by atoms with Gasteiger partial charge in [0.1, 0.15) is 0 Å².